The van der Waals surface area contributed by atoms with E-state index in [0.717, 1.165) is 12.0 Å². The smallest absolute Gasteiger partial charge is 0.409 e. The Labute approximate surface area is 113 Å². The van der Waals surface area contributed by atoms with Gasteiger partial charge in [-0.1, -0.05) is 29.8 Å². The van der Waals surface area contributed by atoms with Crippen molar-refractivity contribution in [1.82, 2.24) is 9.80 Å². The second kappa shape index (κ2) is 7.41. The summed E-state index contributed by atoms with van der Waals surface area (Å²) >= 11 is 0. The van der Waals surface area contributed by atoms with Crippen molar-refractivity contribution < 1.29 is 14.3 Å². The Bertz CT molecular complexity index is 417. The number of rotatable bonds is 6. The van der Waals surface area contributed by atoms with Crippen LogP contribution in [0.15, 0.2) is 24.3 Å². The lowest BCUT2D eigenvalue weighted by atomic mass is 10.2. The van der Waals surface area contributed by atoms with Crippen LogP contribution < -0.4 is 0 Å². The molecule has 104 valence electrons. The molecule has 1 aromatic rings. The number of aryl methyl sites for hydroxylation is 1. The summed E-state index contributed by atoms with van der Waals surface area (Å²) in [5.41, 5.74) is 2.13. The van der Waals surface area contributed by atoms with Crippen molar-refractivity contribution in [3.05, 3.63) is 35.4 Å². The van der Waals surface area contributed by atoms with Gasteiger partial charge in [0.1, 0.15) is 6.61 Å². The number of likely N-dealkylation sites (N-methyl/N-ethyl adjacent to an activating group) is 2. The average Bonchev–Trinajstić information content (AvgIpc) is 2.43. The number of amides is 2. The van der Waals surface area contributed by atoms with Crippen LogP contribution in [0.25, 0.3) is 0 Å². The third kappa shape index (κ3) is 5.42. The van der Waals surface area contributed by atoms with Crippen molar-refractivity contribution in [2.24, 2.45) is 0 Å². The quantitative estimate of drug-likeness (QED) is 0.734. The lowest BCUT2D eigenvalue weighted by Crippen LogP contribution is -2.34. The van der Waals surface area contributed by atoms with Gasteiger partial charge in [0.05, 0.1) is 0 Å². The first kappa shape index (κ1) is 15.0. The monoisotopic (exact) mass is 264 g/mol. The van der Waals surface area contributed by atoms with Crippen molar-refractivity contribution in [3.63, 3.8) is 0 Å². The van der Waals surface area contributed by atoms with Gasteiger partial charge in [-0.15, -0.1) is 0 Å². The van der Waals surface area contributed by atoms with Gasteiger partial charge < -0.3 is 14.5 Å². The Morgan fingerprint density at radius 1 is 1.21 bits per heavy atom. The molecule has 0 heterocycles. The Balaban J connectivity index is 2.34. The van der Waals surface area contributed by atoms with Crippen LogP contribution >= 0.6 is 0 Å². The largest absolute Gasteiger partial charge is 0.445 e. The Hall–Kier alpha value is -2.04. The van der Waals surface area contributed by atoms with Crippen LogP contribution in [0.1, 0.15) is 11.1 Å². The predicted octanol–water partition coefficient (Wildman–Crippen LogP) is 1.65. The highest BCUT2D eigenvalue weighted by atomic mass is 16.6. The fraction of sp³-hybridized carbons (Fsp3) is 0.429. The second-order valence-electron chi connectivity index (χ2n) is 4.55. The van der Waals surface area contributed by atoms with Gasteiger partial charge in [-0.3, -0.25) is 4.79 Å². The summed E-state index contributed by atoms with van der Waals surface area (Å²) in [4.78, 5) is 25.0. The van der Waals surface area contributed by atoms with E-state index in [9.17, 15) is 9.59 Å². The first-order valence-electron chi connectivity index (χ1n) is 6.12. The molecule has 0 spiro atoms. The molecule has 1 rings (SSSR count). The highest BCUT2D eigenvalue weighted by molar-refractivity contribution is 5.67. The molecule has 0 unspecified atom stereocenters. The molecule has 2 amide bonds. The van der Waals surface area contributed by atoms with E-state index in [-0.39, 0.29) is 12.7 Å². The normalized spacial score (nSPS) is 9.84. The van der Waals surface area contributed by atoms with E-state index in [0.29, 0.717) is 13.1 Å². The summed E-state index contributed by atoms with van der Waals surface area (Å²) in [7, 11) is 3.31. The van der Waals surface area contributed by atoms with E-state index in [2.05, 4.69) is 0 Å². The van der Waals surface area contributed by atoms with Gasteiger partial charge in [0, 0.05) is 27.2 Å². The number of ether oxygens (including phenoxy) is 1. The lowest BCUT2D eigenvalue weighted by molar-refractivity contribution is -0.117. The molecule has 0 aliphatic rings. The Morgan fingerprint density at radius 3 is 2.42 bits per heavy atom. The van der Waals surface area contributed by atoms with Gasteiger partial charge in [0.25, 0.3) is 0 Å². The molecule has 0 aliphatic carbocycles. The van der Waals surface area contributed by atoms with Crippen LogP contribution in [0.5, 0.6) is 0 Å². The van der Waals surface area contributed by atoms with Crippen LogP contribution in [-0.4, -0.2) is 49.5 Å². The molecule has 0 saturated carbocycles. The summed E-state index contributed by atoms with van der Waals surface area (Å²) < 4.78 is 5.18. The van der Waals surface area contributed by atoms with Crippen LogP contribution in [0.2, 0.25) is 0 Å². The number of benzene rings is 1. The van der Waals surface area contributed by atoms with Gasteiger partial charge in [-0.2, -0.15) is 0 Å². The van der Waals surface area contributed by atoms with Crippen molar-refractivity contribution >= 4 is 12.5 Å². The van der Waals surface area contributed by atoms with Crippen LogP contribution in [0, 0.1) is 6.92 Å². The first-order valence-corrected chi connectivity index (χ1v) is 6.12. The van der Waals surface area contributed by atoms with Crippen LogP contribution in [0.4, 0.5) is 4.79 Å². The molecular weight excluding hydrogens is 244 g/mol. The standard InChI is InChI=1S/C14H20N2O3/c1-12-4-6-13(7-5-12)10-19-14(18)16(3)9-8-15(2)11-17/h4-7,11H,8-10H2,1-3H3. The van der Waals surface area contributed by atoms with E-state index < -0.39 is 0 Å². The maximum Gasteiger partial charge on any atom is 0.409 e. The van der Waals surface area contributed by atoms with Gasteiger partial charge in [-0.25, -0.2) is 4.79 Å². The summed E-state index contributed by atoms with van der Waals surface area (Å²) in [6.45, 7) is 3.20. The fourth-order valence-electron chi connectivity index (χ4n) is 1.39. The summed E-state index contributed by atoms with van der Waals surface area (Å²) in [5, 5.41) is 0. The van der Waals surface area contributed by atoms with E-state index in [1.165, 1.54) is 15.4 Å². The van der Waals surface area contributed by atoms with Gasteiger partial charge in [0.15, 0.2) is 0 Å². The Morgan fingerprint density at radius 2 is 1.84 bits per heavy atom. The van der Waals surface area contributed by atoms with E-state index in [1.54, 1.807) is 14.1 Å². The minimum absolute atomic E-state index is 0.257. The first-order chi connectivity index (χ1) is 9.02. The van der Waals surface area contributed by atoms with Crippen molar-refractivity contribution in [3.8, 4) is 0 Å². The molecule has 19 heavy (non-hydrogen) atoms. The number of carbonyl (C=O) groups is 2. The molecule has 0 N–H and O–H groups in total. The summed E-state index contributed by atoms with van der Waals surface area (Å²) in [5.74, 6) is 0. The van der Waals surface area contributed by atoms with Gasteiger partial charge >= 0.3 is 6.09 Å². The molecule has 5 nitrogen and oxygen atoms in total. The SMILES string of the molecule is Cc1ccc(COC(=O)N(C)CCN(C)C=O)cc1. The molecular formula is C14H20N2O3. The van der Waals surface area contributed by atoms with Crippen molar-refractivity contribution in [2.45, 2.75) is 13.5 Å². The van der Waals surface area contributed by atoms with Gasteiger partial charge in [-0.05, 0) is 12.5 Å². The van der Waals surface area contributed by atoms with E-state index in [1.807, 2.05) is 31.2 Å². The van der Waals surface area contributed by atoms with Crippen molar-refractivity contribution in [2.75, 3.05) is 27.2 Å². The molecule has 0 aromatic heterocycles. The Kier molecular flexibility index (Phi) is 5.85. The molecule has 0 saturated heterocycles. The zero-order valence-electron chi connectivity index (χ0n) is 11.6. The van der Waals surface area contributed by atoms with E-state index in [4.69, 9.17) is 4.74 Å². The third-order valence-electron chi connectivity index (χ3n) is 2.76. The van der Waals surface area contributed by atoms with Crippen LogP contribution in [-0.2, 0) is 16.1 Å². The molecule has 0 atom stereocenters. The van der Waals surface area contributed by atoms with Crippen molar-refractivity contribution in [1.29, 1.82) is 0 Å². The number of hydrogen-bond acceptors (Lipinski definition) is 3. The zero-order chi connectivity index (χ0) is 14.3. The maximum atomic E-state index is 11.7. The lowest BCUT2D eigenvalue weighted by Gasteiger charge is -2.19. The topological polar surface area (TPSA) is 49.9 Å². The van der Waals surface area contributed by atoms with Crippen LogP contribution in [0.3, 0.4) is 0 Å². The molecule has 0 fully saturated rings. The fourth-order valence-corrected chi connectivity index (χ4v) is 1.39. The summed E-state index contributed by atoms with van der Waals surface area (Å²) in [6, 6.07) is 7.82. The predicted molar refractivity (Wildman–Crippen MR) is 72.7 cm³/mol. The third-order valence-corrected chi connectivity index (χ3v) is 2.76. The zero-order valence-corrected chi connectivity index (χ0v) is 11.6. The second-order valence-corrected chi connectivity index (χ2v) is 4.55. The summed E-state index contributed by atoms with van der Waals surface area (Å²) in [6.07, 6.45) is 0.339. The van der Waals surface area contributed by atoms with E-state index >= 15 is 0 Å². The number of nitrogens with zero attached hydrogens (tertiary/aromatic N) is 2. The molecule has 0 bridgehead atoms. The minimum atomic E-state index is -0.389. The molecule has 0 radical (unpaired) electrons. The molecule has 5 heteroatoms. The molecule has 1 aromatic carbocycles. The highest BCUT2D eigenvalue weighted by Gasteiger charge is 2.10. The highest BCUT2D eigenvalue weighted by Crippen LogP contribution is 2.05. The minimum Gasteiger partial charge on any atom is -0.445 e. The van der Waals surface area contributed by atoms with Gasteiger partial charge in [0.2, 0.25) is 6.41 Å². The number of hydrogen-bond donors (Lipinski definition) is 0. The molecule has 0 aliphatic heterocycles. The number of carbonyl (C=O) groups excluding carboxylic acids is 2. The average molecular weight is 264 g/mol. The maximum absolute atomic E-state index is 11.7.